The molecule has 0 amide bonds. The monoisotopic (exact) mass is 309 g/mol. The number of hydrogen-bond donors (Lipinski definition) is 1. The van der Waals surface area contributed by atoms with Gasteiger partial charge in [-0.3, -0.25) is 9.69 Å². The second kappa shape index (κ2) is 14.8. The van der Waals surface area contributed by atoms with Crippen LogP contribution in [0.4, 0.5) is 0 Å². The molecule has 0 aliphatic heterocycles. The Balaban J connectivity index is 3.97. The summed E-state index contributed by atoms with van der Waals surface area (Å²) < 4.78 is 0. The van der Waals surface area contributed by atoms with E-state index >= 15 is 0 Å². The minimum atomic E-state index is -0.706. The molecule has 0 heterocycles. The molecule has 1 atom stereocenters. The van der Waals surface area contributed by atoms with Gasteiger partial charge in [0.05, 0.1) is 0 Å². The van der Waals surface area contributed by atoms with Crippen molar-refractivity contribution in [1.29, 1.82) is 0 Å². The van der Waals surface area contributed by atoms with Crippen LogP contribution in [0, 0.1) is 0 Å². The van der Waals surface area contributed by atoms with Gasteiger partial charge in [-0.15, -0.1) is 0 Å². The van der Waals surface area contributed by atoms with Crippen molar-refractivity contribution >= 4 is 5.97 Å². The Morgan fingerprint density at radius 2 is 1.36 bits per heavy atom. The smallest absolute Gasteiger partial charge is 0.320 e. The van der Waals surface area contributed by atoms with Gasteiger partial charge in [0, 0.05) is 0 Å². The summed E-state index contributed by atoms with van der Waals surface area (Å²) in [5, 5.41) is 9.24. The maximum absolute atomic E-state index is 11.2. The second-order valence-electron chi connectivity index (χ2n) is 5.89. The van der Waals surface area contributed by atoms with Gasteiger partial charge in [-0.25, -0.2) is 0 Å². The Bertz CT molecular complexity index is 301. The van der Waals surface area contributed by atoms with Crippen LogP contribution in [0.15, 0.2) is 24.3 Å². The fraction of sp³-hybridized carbons (Fsp3) is 0.737. The second-order valence-corrected chi connectivity index (χ2v) is 5.89. The number of rotatable bonds is 14. The third kappa shape index (κ3) is 11.6. The van der Waals surface area contributed by atoms with Crippen LogP contribution in [0.25, 0.3) is 0 Å². The fourth-order valence-corrected chi connectivity index (χ4v) is 2.50. The fourth-order valence-electron chi connectivity index (χ4n) is 2.50. The van der Waals surface area contributed by atoms with Crippen LogP contribution in [0.2, 0.25) is 0 Å². The lowest BCUT2D eigenvalue weighted by atomic mass is 10.1. The van der Waals surface area contributed by atoms with Crippen LogP contribution in [-0.4, -0.2) is 35.1 Å². The van der Waals surface area contributed by atoms with Gasteiger partial charge in [-0.05, 0) is 72.4 Å². The number of carboxylic acid groups (broad SMARTS) is 1. The van der Waals surface area contributed by atoms with E-state index in [9.17, 15) is 9.90 Å². The number of nitrogens with zero attached hydrogens (tertiary/aromatic N) is 1. The number of unbranched alkanes of at least 4 members (excludes halogenated alkanes) is 6. The molecule has 1 unspecified atom stereocenters. The van der Waals surface area contributed by atoms with Crippen molar-refractivity contribution in [3.63, 3.8) is 0 Å². The predicted octanol–water partition coefficient (Wildman–Crippen LogP) is 5.03. The molecule has 0 saturated heterocycles. The van der Waals surface area contributed by atoms with Crippen molar-refractivity contribution in [2.45, 2.75) is 78.2 Å². The number of aliphatic carboxylic acids is 1. The summed E-state index contributed by atoms with van der Waals surface area (Å²) in [4.78, 5) is 13.4. The molecule has 0 fully saturated rings. The highest BCUT2D eigenvalue weighted by Gasteiger charge is 2.19. The Labute approximate surface area is 137 Å². The molecule has 22 heavy (non-hydrogen) atoms. The zero-order valence-corrected chi connectivity index (χ0v) is 14.8. The molecule has 0 aliphatic carbocycles. The van der Waals surface area contributed by atoms with Gasteiger partial charge in [0.25, 0.3) is 0 Å². The van der Waals surface area contributed by atoms with Crippen LogP contribution < -0.4 is 0 Å². The van der Waals surface area contributed by atoms with Gasteiger partial charge in [0.2, 0.25) is 0 Å². The zero-order valence-electron chi connectivity index (χ0n) is 14.8. The van der Waals surface area contributed by atoms with Gasteiger partial charge in [-0.2, -0.15) is 0 Å². The maximum atomic E-state index is 11.2. The zero-order chi connectivity index (χ0) is 16.6. The third-order valence-corrected chi connectivity index (χ3v) is 4.01. The Kier molecular flexibility index (Phi) is 14.1. The van der Waals surface area contributed by atoms with Crippen LogP contribution in [0.1, 0.15) is 72.1 Å². The lowest BCUT2D eigenvalue weighted by molar-refractivity contribution is -0.142. The summed E-state index contributed by atoms with van der Waals surface area (Å²) in [5.74, 6) is -0.706. The largest absolute Gasteiger partial charge is 0.480 e. The van der Waals surface area contributed by atoms with E-state index in [-0.39, 0.29) is 6.04 Å². The summed E-state index contributed by atoms with van der Waals surface area (Å²) in [7, 11) is 0. The van der Waals surface area contributed by atoms with E-state index in [1.165, 1.54) is 25.7 Å². The van der Waals surface area contributed by atoms with E-state index in [2.05, 4.69) is 29.2 Å². The lowest BCUT2D eigenvalue weighted by Crippen LogP contribution is -2.40. The SMILES string of the molecule is C/C=C/CCCCCN(CCCCC/C=C/C)C(C)C(=O)O. The van der Waals surface area contributed by atoms with E-state index in [1.807, 2.05) is 20.8 Å². The standard InChI is InChI=1S/C19H35NO2/c1-4-6-8-10-12-14-16-20(18(3)19(21)22)17-15-13-11-9-7-5-2/h4-7,18H,8-17H2,1-3H3,(H,21,22)/b6-4+,7-5+. The van der Waals surface area contributed by atoms with Crippen LogP contribution in [0.3, 0.4) is 0 Å². The van der Waals surface area contributed by atoms with E-state index in [0.717, 1.165) is 38.8 Å². The topological polar surface area (TPSA) is 40.5 Å². The molecular formula is C19H35NO2. The Hall–Kier alpha value is -1.09. The summed E-state index contributed by atoms with van der Waals surface area (Å²) in [6.07, 6.45) is 17.8. The van der Waals surface area contributed by atoms with Gasteiger partial charge >= 0.3 is 5.97 Å². The average Bonchev–Trinajstić information content (AvgIpc) is 2.51. The molecule has 0 aromatic carbocycles. The highest BCUT2D eigenvalue weighted by atomic mass is 16.4. The van der Waals surface area contributed by atoms with E-state index in [1.54, 1.807) is 0 Å². The molecule has 0 aromatic heterocycles. The molecular weight excluding hydrogens is 274 g/mol. The molecule has 128 valence electrons. The van der Waals surface area contributed by atoms with Gasteiger partial charge < -0.3 is 5.11 Å². The maximum Gasteiger partial charge on any atom is 0.320 e. The van der Waals surface area contributed by atoms with E-state index in [4.69, 9.17) is 0 Å². The highest BCUT2D eigenvalue weighted by Crippen LogP contribution is 2.09. The van der Waals surface area contributed by atoms with Crippen molar-refractivity contribution < 1.29 is 9.90 Å². The summed E-state index contributed by atoms with van der Waals surface area (Å²) in [6.45, 7) is 7.71. The first-order chi connectivity index (χ1) is 10.6. The first kappa shape index (κ1) is 20.9. The Morgan fingerprint density at radius 3 is 1.73 bits per heavy atom. The van der Waals surface area contributed by atoms with Crippen molar-refractivity contribution in [3.05, 3.63) is 24.3 Å². The summed E-state index contributed by atoms with van der Waals surface area (Å²) >= 11 is 0. The summed E-state index contributed by atoms with van der Waals surface area (Å²) in [5.41, 5.74) is 0. The lowest BCUT2D eigenvalue weighted by Gasteiger charge is -2.26. The average molecular weight is 309 g/mol. The van der Waals surface area contributed by atoms with Gasteiger partial charge in [0.1, 0.15) is 6.04 Å². The molecule has 0 aromatic rings. The molecule has 0 aliphatic rings. The molecule has 0 bridgehead atoms. The number of carbonyl (C=O) groups is 1. The number of hydrogen-bond acceptors (Lipinski definition) is 2. The molecule has 0 saturated carbocycles. The van der Waals surface area contributed by atoms with Gasteiger partial charge in [-0.1, -0.05) is 37.1 Å². The minimum absolute atomic E-state index is 0.369. The number of allylic oxidation sites excluding steroid dienone is 4. The Morgan fingerprint density at radius 1 is 0.909 bits per heavy atom. The van der Waals surface area contributed by atoms with Crippen molar-refractivity contribution in [3.8, 4) is 0 Å². The van der Waals surface area contributed by atoms with Gasteiger partial charge in [0.15, 0.2) is 0 Å². The molecule has 1 N–H and O–H groups in total. The van der Waals surface area contributed by atoms with Crippen LogP contribution in [-0.2, 0) is 4.79 Å². The highest BCUT2D eigenvalue weighted by molar-refractivity contribution is 5.72. The van der Waals surface area contributed by atoms with Crippen LogP contribution in [0.5, 0.6) is 0 Å². The summed E-state index contributed by atoms with van der Waals surface area (Å²) in [6, 6.07) is -0.369. The molecule has 0 spiro atoms. The number of carboxylic acids is 1. The molecule has 0 radical (unpaired) electrons. The minimum Gasteiger partial charge on any atom is -0.480 e. The quantitative estimate of drug-likeness (QED) is 0.361. The van der Waals surface area contributed by atoms with Crippen molar-refractivity contribution in [2.24, 2.45) is 0 Å². The normalized spacial score (nSPS) is 13.5. The first-order valence-corrected chi connectivity index (χ1v) is 8.82. The first-order valence-electron chi connectivity index (χ1n) is 8.82. The van der Waals surface area contributed by atoms with E-state index < -0.39 is 5.97 Å². The van der Waals surface area contributed by atoms with Crippen LogP contribution >= 0.6 is 0 Å². The van der Waals surface area contributed by atoms with Crippen molar-refractivity contribution in [2.75, 3.05) is 13.1 Å². The molecule has 3 nitrogen and oxygen atoms in total. The predicted molar refractivity (Wildman–Crippen MR) is 95.2 cm³/mol. The van der Waals surface area contributed by atoms with E-state index in [0.29, 0.717) is 0 Å². The third-order valence-electron chi connectivity index (χ3n) is 4.01. The molecule has 0 rings (SSSR count). The molecule has 3 heteroatoms. The van der Waals surface area contributed by atoms with Crippen molar-refractivity contribution in [1.82, 2.24) is 4.90 Å².